The van der Waals surface area contributed by atoms with Crippen molar-refractivity contribution in [2.24, 2.45) is 17.8 Å². The molecule has 5 rings (SSSR count). The highest BCUT2D eigenvalue weighted by Gasteiger charge is 2.51. The van der Waals surface area contributed by atoms with Crippen molar-refractivity contribution < 1.29 is 14.5 Å². The van der Waals surface area contributed by atoms with E-state index in [0.717, 1.165) is 37.0 Å². The van der Waals surface area contributed by atoms with E-state index in [1.807, 2.05) is 0 Å². The largest absolute Gasteiger partial charge is 0.487 e. The van der Waals surface area contributed by atoms with Gasteiger partial charge in [0.2, 0.25) is 0 Å². The fraction of sp³-hybridized carbons (Fsp3) is 0.632. The number of hydrogen-bond donors (Lipinski definition) is 1. The standard InChI is InChI=1S/C19H24N2O4/c1-2-25-17-4-3-15(8-16(17)21(23)24)18(22)20-19-9-12-5-13(10-19)7-14(6-12)11-19/h3-4,8,12-14H,2,5-7,9-11H2,1H3,(H,20,22). The number of benzene rings is 1. The molecule has 4 aliphatic carbocycles. The molecular weight excluding hydrogens is 320 g/mol. The van der Waals surface area contributed by atoms with Gasteiger partial charge in [-0.05, 0) is 75.3 Å². The molecule has 1 amide bonds. The van der Waals surface area contributed by atoms with Gasteiger partial charge in [0.05, 0.1) is 11.5 Å². The van der Waals surface area contributed by atoms with Crippen LogP contribution in [0.2, 0.25) is 0 Å². The lowest BCUT2D eigenvalue weighted by molar-refractivity contribution is -0.385. The Bertz CT molecular complexity index is 680. The molecule has 1 N–H and O–H groups in total. The Morgan fingerprint density at radius 1 is 1.24 bits per heavy atom. The maximum absolute atomic E-state index is 12.8. The Kier molecular flexibility index (Phi) is 3.93. The van der Waals surface area contributed by atoms with Crippen LogP contribution in [0, 0.1) is 27.9 Å². The van der Waals surface area contributed by atoms with Crippen molar-refractivity contribution in [3.05, 3.63) is 33.9 Å². The van der Waals surface area contributed by atoms with Crippen molar-refractivity contribution in [2.45, 2.75) is 51.0 Å². The van der Waals surface area contributed by atoms with Crippen LogP contribution in [-0.4, -0.2) is 23.0 Å². The zero-order chi connectivity index (χ0) is 17.6. The lowest BCUT2D eigenvalue weighted by Gasteiger charge is -2.56. The van der Waals surface area contributed by atoms with Crippen molar-refractivity contribution in [1.29, 1.82) is 0 Å². The fourth-order valence-electron chi connectivity index (χ4n) is 5.66. The quantitative estimate of drug-likeness (QED) is 0.652. The third kappa shape index (κ3) is 2.98. The average molecular weight is 344 g/mol. The second kappa shape index (κ2) is 6.00. The molecule has 0 aliphatic heterocycles. The molecule has 4 bridgehead atoms. The highest BCUT2D eigenvalue weighted by molar-refractivity contribution is 5.95. The van der Waals surface area contributed by atoms with Crippen molar-refractivity contribution in [1.82, 2.24) is 5.32 Å². The van der Waals surface area contributed by atoms with Gasteiger partial charge in [0, 0.05) is 17.2 Å². The molecule has 0 aromatic heterocycles. The minimum Gasteiger partial charge on any atom is -0.487 e. The summed E-state index contributed by atoms with van der Waals surface area (Å²) in [7, 11) is 0. The molecule has 1 aromatic rings. The summed E-state index contributed by atoms with van der Waals surface area (Å²) in [5, 5.41) is 14.5. The molecule has 1 aromatic carbocycles. The number of ether oxygens (including phenoxy) is 1. The molecule has 134 valence electrons. The maximum atomic E-state index is 12.8. The summed E-state index contributed by atoms with van der Waals surface area (Å²) in [6, 6.07) is 4.48. The van der Waals surface area contributed by atoms with Crippen LogP contribution >= 0.6 is 0 Å². The summed E-state index contributed by atoms with van der Waals surface area (Å²) in [5.41, 5.74) is 0.0880. The number of nitrogens with zero attached hydrogens (tertiary/aromatic N) is 1. The van der Waals surface area contributed by atoms with Crippen LogP contribution < -0.4 is 10.1 Å². The third-order valence-electron chi connectivity index (χ3n) is 6.13. The minimum absolute atomic E-state index is 0.0980. The number of rotatable bonds is 5. The molecule has 0 saturated heterocycles. The van der Waals surface area contributed by atoms with Crippen LogP contribution in [0.1, 0.15) is 55.8 Å². The van der Waals surface area contributed by atoms with Crippen molar-refractivity contribution in [2.75, 3.05) is 6.61 Å². The molecule has 0 radical (unpaired) electrons. The highest BCUT2D eigenvalue weighted by Crippen LogP contribution is 2.55. The summed E-state index contributed by atoms with van der Waals surface area (Å²) < 4.78 is 5.29. The van der Waals surface area contributed by atoms with E-state index in [1.54, 1.807) is 13.0 Å². The number of carbonyl (C=O) groups excluding carboxylic acids is 1. The van der Waals surface area contributed by atoms with Gasteiger partial charge in [0.25, 0.3) is 5.91 Å². The van der Waals surface area contributed by atoms with E-state index in [1.165, 1.54) is 31.4 Å². The normalized spacial score (nSPS) is 32.4. The highest BCUT2D eigenvalue weighted by atomic mass is 16.6. The van der Waals surface area contributed by atoms with Crippen LogP contribution in [0.4, 0.5) is 5.69 Å². The van der Waals surface area contributed by atoms with Gasteiger partial charge in [-0.1, -0.05) is 0 Å². The molecule has 25 heavy (non-hydrogen) atoms. The predicted octanol–water partition coefficient (Wildman–Crippen LogP) is 3.69. The number of carbonyl (C=O) groups is 1. The molecule has 0 heterocycles. The lowest BCUT2D eigenvalue weighted by Crippen LogP contribution is -2.59. The zero-order valence-corrected chi connectivity index (χ0v) is 14.5. The molecule has 4 fully saturated rings. The van der Waals surface area contributed by atoms with E-state index < -0.39 is 4.92 Å². The van der Waals surface area contributed by atoms with Gasteiger partial charge in [-0.15, -0.1) is 0 Å². The van der Waals surface area contributed by atoms with Gasteiger partial charge in [-0.2, -0.15) is 0 Å². The first-order chi connectivity index (χ1) is 12.0. The Morgan fingerprint density at radius 3 is 2.36 bits per heavy atom. The average Bonchev–Trinajstić information content (AvgIpc) is 2.53. The Hall–Kier alpha value is -2.11. The summed E-state index contributed by atoms with van der Waals surface area (Å²) in [5.74, 6) is 2.22. The fourth-order valence-corrected chi connectivity index (χ4v) is 5.66. The monoisotopic (exact) mass is 344 g/mol. The van der Waals surface area contributed by atoms with Crippen molar-refractivity contribution >= 4 is 11.6 Å². The van der Waals surface area contributed by atoms with E-state index in [2.05, 4.69) is 5.32 Å². The summed E-state index contributed by atoms with van der Waals surface area (Å²) in [4.78, 5) is 23.6. The van der Waals surface area contributed by atoms with Crippen molar-refractivity contribution in [3.63, 3.8) is 0 Å². The molecule has 6 nitrogen and oxygen atoms in total. The molecule has 4 aliphatic rings. The summed E-state index contributed by atoms with van der Waals surface area (Å²) in [6.07, 6.45) is 7.11. The van der Waals surface area contributed by atoms with Gasteiger partial charge in [0.1, 0.15) is 0 Å². The minimum atomic E-state index is -0.494. The summed E-state index contributed by atoms with van der Waals surface area (Å²) in [6.45, 7) is 2.12. The number of amides is 1. The topological polar surface area (TPSA) is 81.5 Å². The van der Waals surface area contributed by atoms with E-state index in [4.69, 9.17) is 4.74 Å². The molecule has 6 heteroatoms. The smallest absolute Gasteiger partial charge is 0.311 e. The molecule has 4 saturated carbocycles. The molecule has 0 unspecified atom stereocenters. The first-order valence-corrected chi connectivity index (χ1v) is 9.22. The van der Waals surface area contributed by atoms with Crippen LogP contribution in [0.25, 0.3) is 0 Å². The van der Waals surface area contributed by atoms with Crippen LogP contribution in [0.5, 0.6) is 5.75 Å². The lowest BCUT2D eigenvalue weighted by atomic mass is 9.53. The Balaban J connectivity index is 1.55. The predicted molar refractivity (Wildman–Crippen MR) is 92.6 cm³/mol. The molecule has 0 atom stereocenters. The van der Waals surface area contributed by atoms with E-state index in [9.17, 15) is 14.9 Å². The number of nitro benzene ring substituents is 1. The first-order valence-electron chi connectivity index (χ1n) is 9.22. The van der Waals surface area contributed by atoms with Gasteiger partial charge in [-0.3, -0.25) is 14.9 Å². The second-order valence-electron chi connectivity index (χ2n) is 8.02. The van der Waals surface area contributed by atoms with Crippen LogP contribution in [0.3, 0.4) is 0 Å². The second-order valence-corrected chi connectivity index (χ2v) is 8.02. The SMILES string of the molecule is CCOc1ccc(C(=O)NC23CC4CC(CC(C4)C2)C3)cc1[N+](=O)[O-]. The van der Waals surface area contributed by atoms with Gasteiger partial charge in [-0.25, -0.2) is 0 Å². The summed E-state index contributed by atoms with van der Waals surface area (Å²) >= 11 is 0. The third-order valence-corrected chi connectivity index (χ3v) is 6.13. The number of nitrogens with one attached hydrogen (secondary N) is 1. The zero-order valence-electron chi connectivity index (χ0n) is 14.5. The first kappa shape index (κ1) is 16.4. The number of nitro groups is 1. The van der Waals surface area contributed by atoms with Crippen LogP contribution in [0.15, 0.2) is 18.2 Å². The van der Waals surface area contributed by atoms with Crippen LogP contribution in [-0.2, 0) is 0 Å². The van der Waals surface area contributed by atoms with Crippen molar-refractivity contribution in [3.8, 4) is 5.75 Å². The molecular formula is C19H24N2O4. The molecule has 0 spiro atoms. The van der Waals surface area contributed by atoms with E-state index >= 15 is 0 Å². The number of hydrogen-bond acceptors (Lipinski definition) is 4. The van der Waals surface area contributed by atoms with Gasteiger partial charge >= 0.3 is 5.69 Å². The Labute approximate surface area is 147 Å². The van der Waals surface area contributed by atoms with E-state index in [0.29, 0.717) is 12.2 Å². The Morgan fingerprint density at radius 2 is 1.84 bits per heavy atom. The van der Waals surface area contributed by atoms with Gasteiger partial charge in [0.15, 0.2) is 5.75 Å². The maximum Gasteiger partial charge on any atom is 0.311 e. The van der Waals surface area contributed by atoms with Gasteiger partial charge < -0.3 is 10.1 Å². The van der Waals surface area contributed by atoms with E-state index in [-0.39, 0.29) is 22.9 Å².